The lowest BCUT2D eigenvalue weighted by molar-refractivity contribution is -0.0452. The van der Waals surface area contributed by atoms with E-state index in [4.69, 9.17) is 0 Å². The number of aliphatic hydroxyl groups is 1. The maximum Gasteiger partial charge on any atom is 0.0505 e. The van der Waals surface area contributed by atoms with Gasteiger partial charge in [0.25, 0.3) is 0 Å². The van der Waals surface area contributed by atoms with Crippen LogP contribution >= 0.6 is 0 Å². The molecule has 0 bridgehead atoms. The van der Waals surface area contributed by atoms with Crippen LogP contribution in [-0.4, -0.2) is 37.3 Å². The summed E-state index contributed by atoms with van der Waals surface area (Å²) in [6.07, 6.45) is 13.7. The van der Waals surface area contributed by atoms with Gasteiger partial charge < -0.3 is 10.0 Å². The molecule has 0 radical (unpaired) electrons. The van der Waals surface area contributed by atoms with Crippen LogP contribution in [0, 0.1) is 17.3 Å². The fourth-order valence-electron chi connectivity index (χ4n) is 4.84. The van der Waals surface area contributed by atoms with Crippen molar-refractivity contribution in [1.82, 2.24) is 4.90 Å². The minimum atomic E-state index is 0.185. The largest absolute Gasteiger partial charge is 0.396 e. The predicted molar refractivity (Wildman–Crippen MR) is 81.2 cm³/mol. The van der Waals surface area contributed by atoms with Crippen LogP contribution in [0.25, 0.3) is 0 Å². The molecular weight excluding hydrogens is 234 g/mol. The molecule has 1 N–H and O–H groups in total. The highest BCUT2D eigenvalue weighted by Crippen LogP contribution is 2.48. The molecule has 2 aliphatic rings. The van der Waals surface area contributed by atoms with E-state index in [1.165, 1.54) is 64.2 Å². The minimum Gasteiger partial charge on any atom is -0.396 e. The zero-order valence-corrected chi connectivity index (χ0v) is 13.0. The lowest BCUT2D eigenvalue weighted by atomic mass is 9.59. The third-order valence-corrected chi connectivity index (χ3v) is 5.74. The monoisotopic (exact) mass is 267 g/mol. The molecule has 2 saturated carbocycles. The molecule has 112 valence electrons. The lowest BCUT2D eigenvalue weighted by Gasteiger charge is -2.49. The first-order valence-electron chi connectivity index (χ1n) is 8.44. The quantitative estimate of drug-likeness (QED) is 0.821. The predicted octanol–water partition coefficient (Wildman–Crippen LogP) is 3.69. The van der Waals surface area contributed by atoms with Crippen LogP contribution in [0.3, 0.4) is 0 Å². The SMILES string of the molecule is CN(C)CC(CO)(C1CCCCC1)C1CCCCC1. The summed E-state index contributed by atoms with van der Waals surface area (Å²) in [6, 6.07) is 0. The number of hydrogen-bond donors (Lipinski definition) is 1. The molecule has 0 aliphatic heterocycles. The number of nitrogens with zero attached hydrogens (tertiary/aromatic N) is 1. The van der Waals surface area contributed by atoms with Gasteiger partial charge in [0.15, 0.2) is 0 Å². The van der Waals surface area contributed by atoms with Gasteiger partial charge in [0.2, 0.25) is 0 Å². The highest BCUT2D eigenvalue weighted by molar-refractivity contribution is 4.95. The van der Waals surface area contributed by atoms with Gasteiger partial charge in [-0.2, -0.15) is 0 Å². The van der Waals surface area contributed by atoms with Gasteiger partial charge in [-0.3, -0.25) is 0 Å². The summed E-state index contributed by atoms with van der Waals surface area (Å²) >= 11 is 0. The molecule has 0 amide bonds. The molecule has 19 heavy (non-hydrogen) atoms. The van der Waals surface area contributed by atoms with Crippen molar-refractivity contribution in [2.75, 3.05) is 27.2 Å². The molecule has 2 rings (SSSR count). The first-order valence-corrected chi connectivity index (χ1v) is 8.44. The van der Waals surface area contributed by atoms with Gasteiger partial charge in [0, 0.05) is 12.0 Å². The number of aliphatic hydroxyl groups excluding tert-OH is 1. The average Bonchev–Trinajstić information content (AvgIpc) is 2.46. The second-order valence-corrected chi connectivity index (χ2v) is 7.30. The smallest absolute Gasteiger partial charge is 0.0505 e. The fraction of sp³-hybridized carbons (Fsp3) is 1.00. The topological polar surface area (TPSA) is 23.5 Å². The van der Waals surface area contributed by atoms with Crippen LogP contribution in [0.5, 0.6) is 0 Å². The second kappa shape index (κ2) is 7.08. The molecule has 2 aliphatic carbocycles. The number of hydrogen-bond acceptors (Lipinski definition) is 2. The van der Waals surface area contributed by atoms with Crippen LogP contribution in [0.15, 0.2) is 0 Å². The van der Waals surface area contributed by atoms with Crippen LogP contribution < -0.4 is 0 Å². The Morgan fingerprint density at radius 2 is 1.26 bits per heavy atom. The second-order valence-electron chi connectivity index (χ2n) is 7.30. The van der Waals surface area contributed by atoms with E-state index in [2.05, 4.69) is 19.0 Å². The summed E-state index contributed by atoms with van der Waals surface area (Å²) in [5, 5.41) is 10.3. The Morgan fingerprint density at radius 1 is 0.842 bits per heavy atom. The Kier molecular flexibility index (Phi) is 5.70. The Hall–Kier alpha value is -0.0800. The molecule has 0 aromatic heterocycles. The van der Waals surface area contributed by atoms with E-state index in [9.17, 15) is 5.11 Å². The number of rotatable bonds is 5. The van der Waals surface area contributed by atoms with E-state index in [0.29, 0.717) is 6.61 Å². The molecule has 0 atom stereocenters. The van der Waals surface area contributed by atoms with Crippen LogP contribution in [0.1, 0.15) is 64.2 Å². The fourth-order valence-corrected chi connectivity index (χ4v) is 4.84. The standard InChI is InChI=1S/C17H33NO/c1-18(2)13-17(14-19,15-9-5-3-6-10-15)16-11-7-4-8-12-16/h15-16,19H,3-14H2,1-2H3. The van der Waals surface area contributed by atoms with Crippen molar-refractivity contribution < 1.29 is 5.11 Å². The van der Waals surface area contributed by atoms with Gasteiger partial charge >= 0.3 is 0 Å². The third-order valence-electron chi connectivity index (χ3n) is 5.74. The molecule has 0 saturated heterocycles. The highest BCUT2D eigenvalue weighted by Gasteiger charge is 2.45. The van der Waals surface area contributed by atoms with Gasteiger partial charge in [-0.15, -0.1) is 0 Å². The maximum absolute atomic E-state index is 10.3. The normalized spacial score (nSPS) is 24.0. The van der Waals surface area contributed by atoms with E-state index in [1.54, 1.807) is 0 Å². The zero-order valence-electron chi connectivity index (χ0n) is 13.0. The van der Waals surface area contributed by atoms with Crippen molar-refractivity contribution in [2.45, 2.75) is 64.2 Å². The highest BCUT2D eigenvalue weighted by atomic mass is 16.3. The van der Waals surface area contributed by atoms with E-state index in [-0.39, 0.29) is 5.41 Å². The average molecular weight is 267 g/mol. The first kappa shape index (κ1) is 15.3. The van der Waals surface area contributed by atoms with Gasteiger partial charge in [-0.1, -0.05) is 38.5 Å². The van der Waals surface area contributed by atoms with Crippen molar-refractivity contribution in [3.63, 3.8) is 0 Å². The molecule has 0 spiro atoms. The van der Waals surface area contributed by atoms with E-state index in [1.807, 2.05) is 0 Å². The van der Waals surface area contributed by atoms with Gasteiger partial charge in [-0.25, -0.2) is 0 Å². The maximum atomic E-state index is 10.3. The Morgan fingerprint density at radius 3 is 1.58 bits per heavy atom. The molecule has 0 unspecified atom stereocenters. The first-order chi connectivity index (χ1) is 9.19. The van der Waals surface area contributed by atoms with Gasteiger partial charge in [-0.05, 0) is 51.6 Å². The van der Waals surface area contributed by atoms with Crippen molar-refractivity contribution >= 4 is 0 Å². The summed E-state index contributed by atoms with van der Waals surface area (Å²) < 4.78 is 0. The lowest BCUT2D eigenvalue weighted by Crippen LogP contribution is -2.49. The van der Waals surface area contributed by atoms with Crippen molar-refractivity contribution in [3.8, 4) is 0 Å². The summed E-state index contributed by atoms with van der Waals surface area (Å²) in [4.78, 5) is 2.32. The molecule has 2 heteroatoms. The van der Waals surface area contributed by atoms with Crippen molar-refractivity contribution in [2.24, 2.45) is 17.3 Å². The Balaban J connectivity index is 2.17. The summed E-state index contributed by atoms with van der Waals surface area (Å²) in [7, 11) is 4.35. The van der Waals surface area contributed by atoms with E-state index in [0.717, 1.165) is 18.4 Å². The summed E-state index contributed by atoms with van der Waals surface area (Å²) in [6.45, 7) is 1.49. The molecule has 2 nitrogen and oxygen atoms in total. The van der Waals surface area contributed by atoms with Crippen LogP contribution in [-0.2, 0) is 0 Å². The van der Waals surface area contributed by atoms with E-state index >= 15 is 0 Å². The van der Waals surface area contributed by atoms with Gasteiger partial charge in [0.1, 0.15) is 0 Å². The third kappa shape index (κ3) is 3.52. The Bertz CT molecular complexity index is 234. The molecule has 0 aromatic carbocycles. The molecular formula is C17H33NO. The Labute approximate surface area is 119 Å². The molecule has 2 fully saturated rings. The van der Waals surface area contributed by atoms with E-state index < -0.39 is 0 Å². The van der Waals surface area contributed by atoms with Crippen molar-refractivity contribution in [1.29, 1.82) is 0 Å². The van der Waals surface area contributed by atoms with Crippen molar-refractivity contribution in [3.05, 3.63) is 0 Å². The van der Waals surface area contributed by atoms with Crippen LogP contribution in [0.2, 0.25) is 0 Å². The summed E-state index contributed by atoms with van der Waals surface area (Å²) in [5.41, 5.74) is 0.185. The van der Waals surface area contributed by atoms with Crippen LogP contribution in [0.4, 0.5) is 0 Å². The minimum absolute atomic E-state index is 0.185. The zero-order chi connectivity index (χ0) is 13.7. The molecule has 0 heterocycles. The molecule has 0 aromatic rings. The summed E-state index contributed by atoms with van der Waals surface area (Å²) in [5.74, 6) is 1.52. The van der Waals surface area contributed by atoms with Gasteiger partial charge in [0.05, 0.1) is 6.61 Å².